The topological polar surface area (TPSA) is 71.5 Å². The van der Waals surface area contributed by atoms with E-state index in [2.05, 4.69) is 15.2 Å². The van der Waals surface area contributed by atoms with Gasteiger partial charge in [0.15, 0.2) is 5.78 Å². The Bertz CT molecular complexity index is 546. The van der Waals surface area contributed by atoms with Crippen LogP contribution in [0.4, 0.5) is 4.79 Å². The maximum absolute atomic E-state index is 12.2. The third-order valence-electron chi connectivity index (χ3n) is 3.96. The van der Waals surface area contributed by atoms with Crippen LogP contribution in [0.15, 0.2) is 24.4 Å². The second kappa shape index (κ2) is 8.24. The number of amides is 1. The highest BCUT2D eigenvalue weighted by molar-refractivity contribution is 5.95. The molecule has 0 aromatic carbocycles. The Morgan fingerprint density at radius 1 is 1.29 bits per heavy atom. The van der Waals surface area contributed by atoms with Gasteiger partial charge in [0.1, 0.15) is 11.3 Å². The molecule has 0 aliphatic carbocycles. The van der Waals surface area contributed by atoms with Gasteiger partial charge in [0.05, 0.1) is 6.54 Å². The predicted octanol–water partition coefficient (Wildman–Crippen LogP) is 2.50. The van der Waals surface area contributed by atoms with Gasteiger partial charge < -0.3 is 10.1 Å². The first-order valence-electron chi connectivity index (χ1n) is 8.47. The molecule has 0 radical (unpaired) electrons. The minimum absolute atomic E-state index is 0.0564. The van der Waals surface area contributed by atoms with E-state index in [1.165, 1.54) is 0 Å². The summed E-state index contributed by atoms with van der Waals surface area (Å²) in [5, 5.41) is 2.83. The first-order valence-corrected chi connectivity index (χ1v) is 8.47. The number of aromatic nitrogens is 1. The van der Waals surface area contributed by atoms with Crippen LogP contribution in [0.5, 0.6) is 0 Å². The monoisotopic (exact) mass is 333 g/mol. The molecule has 2 heterocycles. The molecule has 0 atom stereocenters. The van der Waals surface area contributed by atoms with E-state index in [1.54, 1.807) is 18.3 Å². The zero-order valence-corrected chi connectivity index (χ0v) is 14.7. The van der Waals surface area contributed by atoms with Crippen LogP contribution < -0.4 is 5.32 Å². The maximum atomic E-state index is 12.2. The Morgan fingerprint density at radius 2 is 2.00 bits per heavy atom. The third kappa shape index (κ3) is 6.28. The van der Waals surface area contributed by atoms with E-state index in [9.17, 15) is 9.59 Å². The molecule has 0 saturated carbocycles. The fourth-order valence-electron chi connectivity index (χ4n) is 2.70. The zero-order valence-electron chi connectivity index (χ0n) is 14.7. The summed E-state index contributed by atoms with van der Waals surface area (Å²) in [5.41, 5.74) is 0.0467. The van der Waals surface area contributed by atoms with E-state index >= 15 is 0 Å². The fraction of sp³-hybridized carbons (Fsp3) is 0.611. The number of piperidine rings is 1. The quantitative estimate of drug-likeness (QED) is 0.838. The number of ketones is 1. The van der Waals surface area contributed by atoms with Gasteiger partial charge >= 0.3 is 6.09 Å². The molecule has 1 amide bonds. The smallest absolute Gasteiger partial charge is 0.407 e. The normalized spacial score (nSPS) is 16.6. The summed E-state index contributed by atoms with van der Waals surface area (Å²) in [6.07, 6.45) is 3.20. The van der Waals surface area contributed by atoms with Crippen LogP contribution in [0.3, 0.4) is 0 Å². The molecule has 0 unspecified atom stereocenters. The number of ether oxygens (including phenoxy) is 1. The molecule has 2 rings (SSSR count). The number of rotatable bonds is 5. The fourth-order valence-corrected chi connectivity index (χ4v) is 2.70. The molecule has 1 fully saturated rings. The number of carbonyl (C=O) groups is 2. The average molecular weight is 333 g/mol. The lowest BCUT2D eigenvalue weighted by Gasteiger charge is -2.31. The minimum Gasteiger partial charge on any atom is -0.444 e. The number of nitrogens with one attached hydrogen (secondary N) is 1. The first kappa shape index (κ1) is 18.4. The molecular formula is C18H27N3O3. The average Bonchev–Trinajstić information content (AvgIpc) is 2.53. The summed E-state index contributed by atoms with van der Waals surface area (Å²) in [4.78, 5) is 30.1. The molecule has 6 heteroatoms. The number of carbonyl (C=O) groups excluding carboxylic acids is 2. The van der Waals surface area contributed by atoms with Crippen molar-refractivity contribution < 1.29 is 14.3 Å². The standard InChI is InChI=1S/C18H27N3O3/c1-18(2,3)24-17(23)20-12-14-7-10-21(11-8-14)13-16(22)15-6-4-5-9-19-15/h4-6,9,14H,7-8,10-13H2,1-3H3,(H,20,23). The lowest BCUT2D eigenvalue weighted by molar-refractivity contribution is 0.0510. The third-order valence-corrected chi connectivity index (χ3v) is 3.96. The summed E-state index contributed by atoms with van der Waals surface area (Å²) >= 11 is 0. The Balaban J connectivity index is 1.68. The SMILES string of the molecule is CC(C)(C)OC(=O)NCC1CCN(CC(=O)c2ccccn2)CC1. The van der Waals surface area contributed by atoms with Crippen LogP contribution in [0.2, 0.25) is 0 Å². The number of pyridine rings is 1. The highest BCUT2D eigenvalue weighted by atomic mass is 16.6. The molecule has 24 heavy (non-hydrogen) atoms. The number of alkyl carbamates (subject to hydrolysis) is 1. The largest absolute Gasteiger partial charge is 0.444 e. The summed E-state index contributed by atoms with van der Waals surface area (Å²) in [7, 11) is 0. The number of Topliss-reactive ketones (excluding diaryl/α,β-unsaturated/α-hetero) is 1. The molecule has 1 aromatic rings. The molecule has 0 bridgehead atoms. The van der Waals surface area contributed by atoms with Gasteiger partial charge in [-0.25, -0.2) is 4.79 Å². The highest BCUT2D eigenvalue weighted by Crippen LogP contribution is 2.17. The Labute approximate surface area is 143 Å². The zero-order chi connectivity index (χ0) is 17.6. The molecule has 1 N–H and O–H groups in total. The summed E-state index contributed by atoms with van der Waals surface area (Å²) in [6, 6.07) is 5.38. The van der Waals surface area contributed by atoms with Crippen LogP contribution in [0.25, 0.3) is 0 Å². The van der Waals surface area contributed by atoms with Crippen molar-refractivity contribution in [1.82, 2.24) is 15.2 Å². The van der Waals surface area contributed by atoms with Crippen LogP contribution >= 0.6 is 0 Å². The first-order chi connectivity index (χ1) is 11.3. The Kier molecular flexibility index (Phi) is 6.31. The van der Waals surface area contributed by atoms with E-state index in [0.717, 1.165) is 25.9 Å². The molecular weight excluding hydrogens is 306 g/mol. The van der Waals surface area contributed by atoms with Crippen molar-refractivity contribution in [2.45, 2.75) is 39.2 Å². The van der Waals surface area contributed by atoms with Crippen LogP contribution in [0, 0.1) is 5.92 Å². The molecule has 1 aliphatic rings. The van der Waals surface area contributed by atoms with Gasteiger partial charge in [0.25, 0.3) is 0 Å². The van der Waals surface area contributed by atoms with Crippen molar-refractivity contribution >= 4 is 11.9 Å². The van der Waals surface area contributed by atoms with Gasteiger partial charge in [0.2, 0.25) is 0 Å². The lowest BCUT2D eigenvalue weighted by Crippen LogP contribution is -2.41. The molecule has 132 valence electrons. The van der Waals surface area contributed by atoms with Crippen molar-refractivity contribution in [3.8, 4) is 0 Å². The number of hydrogen-bond acceptors (Lipinski definition) is 5. The highest BCUT2D eigenvalue weighted by Gasteiger charge is 2.23. The Morgan fingerprint density at radius 3 is 2.58 bits per heavy atom. The van der Waals surface area contributed by atoms with E-state index in [1.807, 2.05) is 26.8 Å². The van der Waals surface area contributed by atoms with E-state index in [4.69, 9.17) is 4.74 Å². The predicted molar refractivity (Wildman–Crippen MR) is 92.0 cm³/mol. The van der Waals surface area contributed by atoms with Crippen LogP contribution in [-0.4, -0.2) is 53.5 Å². The van der Waals surface area contributed by atoms with Crippen molar-refractivity contribution in [2.24, 2.45) is 5.92 Å². The van der Waals surface area contributed by atoms with Gasteiger partial charge in [0, 0.05) is 12.7 Å². The van der Waals surface area contributed by atoms with Crippen molar-refractivity contribution in [3.05, 3.63) is 30.1 Å². The minimum atomic E-state index is -0.473. The van der Waals surface area contributed by atoms with Crippen LogP contribution in [-0.2, 0) is 4.74 Å². The number of likely N-dealkylation sites (tertiary alicyclic amines) is 1. The lowest BCUT2D eigenvalue weighted by atomic mass is 9.96. The van der Waals surface area contributed by atoms with Gasteiger partial charge in [-0.3, -0.25) is 14.7 Å². The molecule has 1 aliphatic heterocycles. The maximum Gasteiger partial charge on any atom is 0.407 e. The summed E-state index contributed by atoms with van der Waals surface area (Å²) in [5.74, 6) is 0.486. The molecule has 0 spiro atoms. The van der Waals surface area contributed by atoms with Gasteiger partial charge in [-0.1, -0.05) is 6.07 Å². The van der Waals surface area contributed by atoms with Crippen LogP contribution in [0.1, 0.15) is 44.1 Å². The van der Waals surface area contributed by atoms with Crippen molar-refractivity contribution in [3.63, 3.8) is 0 Å². The number of hydrogen-bond donors (Lipinski definition) is 1. The molecule has 1 saturated heterocycles. The van der Waals surface area contributed by atoms with Crippen molar-refractivity contribution in [1.29, 1.82) is 0 Å². The second-order valence-corrected chi connectivity index (χ2v) is 7.24. The Hall–Kier alpha value is -1.95. The van der Waals surface area contributed by atoms with Gasteiger partial charge in [-0.2, -0.15) is 0 Å². The van der Waals surface area contributed by atoms with Gasteiger partial charge in [-0.15, -0.1) is 0 Å². The van der Waals surface area contributed by atoms with Gasteiger partial charge in [-0.05, 0) is 64.8 Å². The van der Waals surface area contributed by atoms with Crippen molar-refractivity contribution in [2.75, 3.05) is 26.2 Å². The number of nitrogens with zero attached hydrogens (tertiary/aromatic N) is 2. The molecule has 6 nitrogen and oxygen atoms in total. The summed E-state index contributed by atoms with van der Waals surface area (Å²) in [6.45, 7) is 8.30. The summed E-state index contributed by atoms with van der Waals surface area (Å²) < 4.78 is 5.24. The molecule has 1 aromatic heterocycles. The van der Waals surface area contributed by atoms with E-state index in [0.29, 0.717) is 24.7 Å². The van der Waals surface area contributed by atoms with E-state index < -0.39 is 5.60 Å². The van der Waals surface area contributed by atoms with E-state index in [-0.39, 0.29) is 11.9 Å². The second-order valence-electron chi connectivity index (χ2n) is 7.24.